The molecule has 1 aliphatic heterocycles. The molecule has 0 aliphatic carbocycles. The number of hydrogen-bond acceptors (Lipinski definition) is 3. The van der Waals surface area contributed by atoms with Crippen molar-refractivity contribution < 1.29 is 14.3 Å². The van der Waals surface area contributed by atoms with Crippen molar-refractivity contribution in [3.05, 3.63) is 30.1 Å². The fourth-order valence-electron chi connectivity index (χ4n) is 2.52. The maximum atomic E-state index is 13.9. The van der Waals surface area contributed by atoms with Gasteiger partial charge in [0, 0.05) is 13.1 Å². The largest absolute Gasteiger partial charge is 0.481 e. The van der Waals surface area contributed by atoms with Crippen molar-refractivity contribution in [3.8, 4) is 0 Å². The van der Waals surface area contributed by atoms with E-state index in [1.54, 1.807) is 18.2 Å². The van der Waals surface area contributed by atoms with E-state index in [1.807, 2.05) is 4.90 Å². The van der Waals surface area contributed by atoms with Crippen molar-refractivity contribution in [2.24, 2.45) is 5.92 Å². The van der Waals surface area contributed by atoms with Crippen LogP contribution in [0.2, 0.25) is 0 Å². The minimum atomic E-state index is -0.859. The fraction of sp³-hybridized carbons (Fsp3) is 0.500. The molecule has 5 heteroatoms. The van der Waals surface area contributed by atoms with Gasteiger partial charge in [0.2, 0.25) is 0 Å². The molecule has 2 N–H and O–H groups in total. The van der Waals surface area contributed by atoms with Crippen LogP contribution in [0, 0.1) is 11.7 Å². The Bertz CT molecular complexity index is 453. The van der Waals surface area contributed by atoms with Gasteiger partial charge in [0.25, 0.3) is 0 Å². The first-order valence-corrected chi connectivity index (χ1v) is 6.51. The fourth-order valence-corrected chi connectivity index (χ4v) is 2.52. The van der Waals surface area contributed by atoms with Crippen LogP contribution in [0.5, 0.6) is 0 Å². The first-order valence-electron chi connectivity index (χ1n) is 6.51. The number of nitrogens with zero attached hydrogens (tertiary/aromatic N) is 1. The van der Waals surface area contributed by atoms with E-state index < -0.39 is 5.97 Å². The summed E-state index contributed by atoms with van der Waals surface area (Å²) in [6.07, 6.45) is 0.00799. The number of halogens is 1. The molecule has 1 fully saturated rings. The lowest BCUT2D eigenvalue weighted by Crippen LogP contribution is -2.42. The Labute approximate surface area is 112 Å². The Kier molecular flexibility index (Phi) is 4.37. The molecule has 1 aliphatic rings. The van der Waals surface area contributed by atoms with E-state index in [-0.39, 0.29) is 18.3 Å². The second-order valence-electron chi connectivity index (χ2n) is 5.12. The molecule has 1 aromatic rings. The summed E-state index contributed by atoms with van der Waals surface area (Å²) in [7, 11) is 0. The lowest BCUT2D eigenvalue weighted by atomic mass is 10.1. The second-order valence-corrected chi connectivity index (χ2v) is 5.12. The number of hydrogen-bond donors (Lipinski definition) is 2. The Balaban J connectivity index is 2.29. The Morgan fingerprint density at radius 2 is 2.21 bits per heavy atom. The van der Waals surface area contributed by atoms with Gasteiger partial charge in [-0.3, -0.25) is 4.79 Å². The standard InChI is InChI=1S/C14H19FN2O2/c1-10-7-16-8-11(6-14(18)19)17(9-10)13-5-3-2-4-12(13)15/h2-5,10-11,16H,6-9H2,1H3,(H,18,19). The molecule has 0 amide bonds. The van der Waals surface area contributed by atoms with Gasteiger partial charge >= 0.3 is 5.97 Å². The Morgan fingerprint density at radius 1 is 1.47 bits per heavy atom. The third kappa shape index (κ3) is 3.44. The molecule has 1 saturated heterocycles. The summed E-state index contributed by atoms with van der Waals surface area (Å²) in [4.78, 5) is 12.9. The molecule has 2 unspecified atom stereocenters. The average molecular weight is 266 g/mol. The van der Waals surface area contributed by atoms with E-state index in [1.165, 1.54) is 6.07 Å². The first kappa shape index (κ1) is 13.8. The normalized spacial score (nSPS) is 24.0. The SMILES string of the molecule is CC1CNCC(CC(=O)O)N(c2ccccc2F)C1. The van der Waals surface area contributed by atoms with Crippen molar-refractivity contribution >= 4 is 11.7 Å². The zero-order valence-corrected chi connectivity index (χ0v) is 11.0. The van der Waals surface area contributed by atoms with Gasteiger partial charge in [-0.2, -0.15) is 0 Å². The Morgan fingerprint density at radius 3 is 2.89 bits per heavy atom. The highest BCUT2D eigenvalue weighted by Gasteiger charge is 2.27. The number of nitrogens with one attached hydrogen (secondary N) is 1. The maximum Gasteiger partial charge on any atom is 0.305 e. The summed E-state index contributed by atoms with van der Waals surface area (Å²) in [5.41, 5.74) is 0.490. The van der Waals surface area contributed by atoms with Crippen molar-refractivity contribution in [1.29, 1.82) is 0 Å². The molecule has 2 atom stereocenters. The third-order valence-corrected chi connectivity index (χ3v) is 3.39. The molecule has 0 bridgehead atoms. The third-order valence-electron chi connectivity index (χ3n) is 3.39. The van der Waals surface area contributed by atoms with Crippen LogP contribution in [0.4, 0.5) is 10.1 Å². The van der Waals surface area contributed by atoms with Crippen LogP contribution in [-0.4, -0.2) is 36.8 Å². The van der Waals surface area contributed by atoms with Crippen LogP contribution in [0.3, 0.4) is 0 Å². The average Bonchev–Trinajstić information content (AvgIpc) is 2.52. The van der Waals surface area contributed by atoms with Gasteiger partial charge in [0.1, 0.15) is 5.82 Å². The molecule has 104 valence electrons. The van der Waals surface area contributed by atoms with E-state index in [0.717, 1.165) is 6.54 Å². The van der Waals surface area contributed by atoms with E-state index in [4.69, 9.17) is 5.11 Å². The lowest BCUT2D eigenvalue weighted by molar-refractivity contribution is -0.137. The van der Waals surface area contributed by atoms with Gasteiger partial charge in [0.15, 0.2) is 0 Å². The molecule has 0 radical (unpaired) electrons. The van der Waals surface area contributed by atoms with Gasteiger partial charge < -0.3 is 15.3 Å². The first-order chi connectivity index (χ1) is 9.08. The van der Waals surface area contributed by atoms with Gasteiger partial charge in [-0.1, -0.05) is 19.1 Å². The monoisotopic (exact) mass is 266 g/mol. The van der Waals surface area contributed by atoms with Crippen molar-refractivity contribution in [2.75, 3.05) is 24.5 Å². The highest BCUT2D eigenvalue weighted by molar-refractivity contribution is 5.68. The number of carbonyl (C=O) groups is 1. The van der Waals surface area contributed by atoms with Crippen molar-refractivity contribution in [3.63, 3.8) is 0 Å². The summed E-state index contributed by atoms with van der Waals surface area (Å²) in [5, 5.41) is 12.3. The molecule has 19 heavy (non-hydrogen) atoms. The molecule has 0 saturated carbocycles. The summed E-state index contributed by atoms with van der Waals surface area (Å²) in [5.74, 6) is -0.812. The molecule has 0 spiro atoms. The number of carboxylic acids is 1. The van der Waals surface area contributed by atoms with E-state index in [9.17, 15) is 9.18 Å². The van der Waals surface area contributed by atoms with Crippen LogP contribution >= 0.6 is 0 Å². The quantitative estimate of drug-likeness (QED) is 0.874. The van der Waals surface area contributed by atoms with Crippen LogP contribution in [-0.2, 0) is 4.79 Å². The smallest absolute Gasteiger partial charge is 0.305 e. The molecule has 4 nitrogen and oxygen atoms in total. The molecule has 0 aromatic heterocycles. The predicted octanol–water partition coefficient (Wildman–Crippen LogP) is 1.71. The summed E-state index contributed by atoms with van der Waals surface area (Å²) in [6.45, 7) is 4.11. The highest BCUT2D eigenvalue weighted by atomic mass is 19.1. The minimum absolute atomic E-state index is 0.00799. The van der Waals surface area contributed by atoms with Gasteiger partial charge in [-0.25, -0.2) is 4.39 Å². The Hall–Kier alpha value is -1.62. The van der Waals surface area contributed by atoms with Gasteiger partial charge in [-0.05, 0) is 24.6 Å². The number of para-hydroxylation sites is 1. The zero-order valence-electron chi connectivity index (χ0n) is 11.0. The topological polar surface area (TPSA) is 52.6 Å². The number of carboxylic acid groups (broad SMARTS) is 1. The highest BCUT2D eigenvalue weighted by Crippen LogP contribution is 2.24. The zero-order chi connectivity index (χ0) is 13.8. The second kappa shape index (κ2) is 6.02. The van der Waals surface area contributed by atoms with Crippen LogP contribution < -0.4 is 10.2 Å². The maximum absolute atomic E-state index is 13.9. The van der Waals surface area contributed by atoms with Crippen LogP contribution in [0.1, 0.15) is 13.3 Å². The van der Waals surface area contributed by atoms with Gasteiger partial charge in [-0.15, -0.1) is 0 Å². The summed E-state index contributed by atoms with van der Waals surface area (Å²) < 4.78 is 13.9. The number of rotatable bonds is 3. The van der Waals surface area contributed by atoms with E-state index >= 15 is 0 Å². The summed E-state index contributed by atoms with van der Waals surface area (Å²) in [6, 6.07) is 6.32. The van der Waals surface area contributed by atoms with Crippen LogP contribution in [0.25, 0.3) is 0 Å². The van der Waals surface area contributed by atoms with E-state index in [0.29, 0.717) is 24.7 Å². The van der Waals surface area contributed by atoms with E-state index in [2.05, 4.69) is 12.2 Å². The van der Waals surface area contributed by atoms with Crippen LogP contribution in [0.15, 0.2) is 24.3 Å². The predicted molar refractivity (Wildman–Crippen MR) is 71.8 cm³/mol. The molecule has 1 aromatic carbocycles. The molecular formula is C14H19FN2O2. The van der Waals surface area contributed by atoms with Crippen molar-refractivity contribution in [2.45, 2.75) is 19.4 Å². The summed E-state index contributed by atoms with van der Waals surface area (Å²) >= 11 is 0. The number of anilines is 1. The number of aliphatic carboxylic acids is 1. The molecule has 2 rings (SSSR count). The number of benzene rings is 1. The molecular weight excluding hydrogens is 247 g/mol. The minimum Gasteiger partial charge on any atom is -0.481 e. The van der Waals surface area contributed by atoms with Crippen molar-refractivity contribution in [1.82, 2.24) is 5.32 Å². The molecule has 1 heterocycles. The van der Waals surface area contributed by atoms with Gasteiger partial charge in [0.05, 0.1) is 18.2 Å². The lowest BCUT2D eigenvalue weighted by Gasteiger charge is -2.32.